The van der Waals surface area contributed by atoms with E-state index >= 15 is 0 Å². The Balaban J connectivity index is 1.46. The molecule has 0 fully saturated rings. The number of amides is 2. The van der Waals surface area contributed by atoms with Crippen molar-refractivity contribution >= 4 is 23.3 Å². The Kier molecular flexibility index (Phi) is 6.87. The third-order valence-electron chi connectivity index (χ3n) is 5.39. The van der Waals surface area contributed by atoms with Gasteiger partial charge in [-0.15, -0.1) is 0 Å². The first-order valence-corrected chi connectivity index (χ1v) is 10.7. The maximum atomic E-state index is 13.0. The second-order valence-corrected chi connectivity index (χ2v) is 7.85. The lowest BCUT2D eigenvalue weighted by Gasteiger charge is -2.30. The van der Waals surface area contributed by atoms with Crippen LogP contribution in [0.3, 0.4) is 0 Å². The summed E-state index contributed by atoms with van der Waals surface area (Å²) < 4.78 is 24.0. The molecule has 2 amide bonds. The summed E-state index contributed by atoms with van der Waals surface area (Å²) in [7, 11) is 1.67. The van der Waals surface area contributed by atoms with E-state index in [9.17, 15) is 18.8 Å². The maximum absolute atomic E-state index is 13.0. The van der Waals surface area contributed by atoms with Gasteiger partial charge in [-0.1, -0.05) is 30.3 Å². The number of nitrogens with zero attached hydrogens (tertiary/aromatic N) is 2. The van der Waals surface area contributed by atoms with Gasteiger partial charge in [0, 0.05) is 19.2 Å². The first kappa shape index (κ1) is 23.0. The summed E-state index contributed by atoms with van der Waals surface area (Å²) in [5.41, 5.74) is 1.63. The Morgan fingerprint density at radius 3 is 2.53 bits per heavy atom. The standard InChI is InChI=1S/C26H23FN2O5/c1-28(14-18-5-3-2-4-6-18)25(31)15-29-22-13-19(7-12-24(22)34-17-26(29)32)23(30)16-33-21-10-8-20(27)9-11-21/h2-13H,14-17H2,1H3. The average molecular weight is 462 g/mol. The molecule has 0 radical (unpaired) electrons. The van der Waals surface area contributed by atoms with Gasteiger partial charge in [0.2, 0.25) is 5.91 Å². The lowest BCUT2D eigenvalue weighted by atomic mass is 10.1. The van der Waals surface area contributed by atoms with E-state index in [1.807, 2.05) is 30.3 Å². The number of hydrogen-bond acceptors (Lipinski definition) is 5. The molecule has 0 saturated carbocycles. The number of ether oxygens (including phenoxy) is 2. The highest BCUT2D eigenvalue weighted by atomic mass is 19.1. The third kappa shape index (κ3) is 5.40. The van der Waals surface area contributed by atoms with Crippen LogP contribution in [0.4, 0.5) is 10.1 Å². The molecule has 4 rings (SSSR count). The van der Waals surface area contributed by atoms with Crippen LogP contribution in [0.5, 0.6) is 11.5 Å². The van der Waals surface area contributed by atoms with E-state index in [-0.39, 0.29) is 37.4 Å². The van der Waals surface area contributed by atoms with Crippen LogP contribution in [0.1, 0.15) is 15.9 Å². The summed E-state index contributed by atoms with van der Waals surface area (Å²) in [6, 6.07) is 19.6. The minimum absolute atomic E-state index is 0.178. The first-order chi connectivity index (χ1) is 16.4. The molecule has 0 atom stereocenters. The van der Waals surface area contributed by atoms with Gasteiger partial charge in [0.05, 0.1) is 5.69 Å². The summed E-state index contributed by atoms with van der Waals surface area (Å²) in [6.07, 6.45) is 0. The smallest absolute Gasteiger partial charge is 0.265 e. The predicted molar refractivity (Wildman–Crippen MR) is 123 cm³/mol. The SMILES string of the molecule is CN(Cc1ccccc1)C(=O)CN1C(=O)COc2ccc(C(=O)COc3ccc(F)cc3)cc21. The zero-order chi connectivity index (χ0) is 24.1. The molecule has 3 aromatic rings. The fourth-order valence-corrected chi connectivity index (χ4v) is 3.51. The summed E-state index contributed by atoms with van der Waals surface area (Å²) in [6.45, 7) is -0.228. The molecule has 1 aliphatic rings. The van der Waals surface area contributed by atoms with Crippen molar-refractivity contribution in [3.63, 3.8) is 0 Å². The molecule has 0 spiro atoms. The number of benzene rings is 3. The Bertz CT molecular complexity index is 1200. The van der Waals surface area contributed by atoms with Crippen LogP contribution < -0.4 is 14.4 Å². The highest BCUT2D eigenvalue weighted by Gasteiger charge is 2.29. The molecule has 8 heteroatoms. The van der Waals surface area contributed by atoms with Crippen molar-refractivity contribution in [1.29, 1.82) is 0 Å². The molecule has 7 nitrogen and oxygen atoms in total. The number of Topliss-reactive ketones (excluding diaryl/α,β-unsaturated/α-hetero) is 1. The van der Waals surface area contributed by atoms with Gasteiger partial charge >= 0.3 is 0 Å². The van der Waals surface area contributed by atoms with Crippen LogP contribution >= 0.6 is 0 Å². The van der Waals surface area contributed by atoms with Crippen LogP contribution in [-0.4, -0.2) is 49.3 Å². The van der Waals surface area contributed by atoms with Crippen LogP contribution in [0.2, 0.25) is 0 Å². The molecule has 0 N–H and O–H groups in total. The Labute approximate surface area is 196 Å². The summed E-state index contributed by atoms with van der Waals surface area (Å²) in [4.78, 5) is 41.0. The highest BCUT2D eigenvalue weighted by molar-refractivity contribution is 6.04. The van der Waals surface area contributed by atoms with E-state index in [1.165, 1.54) is 35.2 Å². The van der Waals surface area contributed by atoms with Gasteiger partial charge in [-0.2, -0.15) is 0 Å². The molecule has 3 aromatic carbocycles. The molecule has 34 heavy (non-hydrogen) atoms. The maximum Gasteiger partial charge on any atom is 0.265 e. The van der Waals surface area contributed by atoms with Crippen LogP contribution in [-0.2, 0) is 16.1 Å². The minimum Gasteiger partial charge on any atom is -0.485 e. The molecule has 1 heterocycles. The molecule has 0 saturated heterocycles. The normalized spacial score (nSPS) is 12.5. The van der Waals surface area contributed by atoms with Gasteiger partial charge in [0.25, 0.3) is 5.91 Å². The fraction of sp³-hybridized carbons (Fsp3) is 0.192. The van der Waals surface area contributed by atoms with Gasteiger partial charge in [-0.3, -0.25) is 19.3 Å². The van der Waals surface area contributed by atoms with E-state index in [0.717, 1.165) is 5.56 Å². The van der Waals surface area contributed by atoms with Crippen molar-refractivity contribution in [2.24, 2.45) is 0 Å². The van der Waals surface area contributed by atoms with Crippen molar-refractivity contribution in [3.05, 3.63) is 89.7 Å². The van der Waals surface area contributed by atoms with E-state index in [1.54, 1.807) is 24.1 Å². The molecular weight excluding hydrogens is 439 g/mol. The zero-order valence-electron chi connectivity index (χ0n) is 18.6. The molecule has 174 valence electrons. The highest BCUT2D eigenvalue weighted by Crippen LogP contribution is 2.33. The van der Waals surface area contributed by atoms with Crippen LogP contribution in [0.25, 0.3) is 0 Å². The number of halogens is 1. The van der Waals surface area contributed by atoms with Gasteiger partial charge in [0.15, 0.2) is 19.0 Å². The molecule has 0 unspecified atom stereocenters. The number of carbonyl (C=O) groups is 3. The van der Waals surface area contributed by atoms with E-state index in [0.29, 0.717) is 29.3 Å². The molecule has 1 aliphatic heterocycles. The molecule has 0 aliphatic carbocycles. The van der Waals surface area contributed by atoms with Crippen molar-refractivity contribution in [2.45, 2.75) is 6.54 Å². The number of carbonyl (C=O) groups excluding carboxylic acids is 3. The monoisotopic (exact) mass is 462 g/mol. The molecule has 0 aromatic heterocycles. The summed E-state index contributed by atoms with van der Waals surface area (Å²) in [5, 5.41) is 0. The van der Waals surface area contributed by atoms with Crippen molar-refractivity contribution in [2.75, 3.05) is 31.7 Å². The number of hydrogen-bond donors (Lipinski definition) is 0. The number of ketones is 1. The van der Waals surface area contributed by atoms with Gasteiger partial charge in [0.1, 0.15) is 23.9 Å². The van der Waals surface area contributed by atoms with Crippen LogP contribution in [0, 0.1) is 5.82 Å². The minimum atomic E-state index is -0.401. The number of likely N-dealkylation sites (N-methyl/N-ethyl adjacent to an activating group) is 1. The van der Waals surface area contributed by atoms with Crippen molar-refractivity contribution in [3.8, 4) is 11.5 Å². The first-order valence-electron chi connectivity index (χ1n) is 10.7. The van der Waals surface area contributed by atoms with Gasteiger partial charge in [-0.05, 0) is 48.0 Å². The quantitative estimate of drug-likeness (QED) is 0.479. The van der Waals surface area contributed by atoms with Crippen molar-refractivity contribution in [1.82, 2.24) is 4.90 Å². The Morgan fingerprint density at radius 1 is 1.06 bits per heavy atom. The van der Waals surface area contributed by atoms with E-state index < -0.39 is 5.82 Å². The van der Waals surface area contributed by atoms with E-state index in [4.69, 9.17) is 9.47 Å². The topological polar surface area (TPSA) is 76.2 Å². The number of anilines is 1. The molecular formula is C26H23FN2O5. The summed E-state index contributed by atoms with van der Waals surface area (Å²) >= 11 is 0. The number of rotatable bonds is 8. The van der Waals surface area contributed by atoms with Crippen LogP contribution in [0.15, 0.2) is 72.8 Å². The lowest BCUT2D eigenvalue weighted by molar-refractivity contribution is -0.131. The second kappa shape index (κ2) is 10.2. The largest absolute Gasteiger partial charge is 0.485 e. The summed E-state index contributed by atoms with van der Waals surface area (Å²) in [5.74, 6) is -0.587. The zero-order valence-corrected chi connectivity index (χ0v) is 18.6. The van der Waals surface area contributed by atoms with Crippen molar-refractivity contribution < 1.29 is 28.2 Å². The average Bonchev–Trinajstić information content (AvgIpc) is 2.85. The second-order valence-electron chi connectivity index (χ2n) is 7.85. The van der Waals surface area contributed by atoms with E-state index in [2.05, 4.69) is 0 Å². The van der Waals surface area contributed by atoms with Gasteiger partial charge < -0.3 is 14.4 Å². The molecule has 0 bridgehead atoms. The number of fused-ring (bicyclic) bond motifs is 1. The predicted octanol–water partition coefficient (Wildman–Crippen LogP) is 3.47. The Morgan fingerprint density at radius 2 is 1.79 bits per heavy atom. The lowest BCUT2D eigenvalue weighted by Crippen LogP contribution is -2.45. The fourth-order valence-electron chi connectivity index (χ4n) is 3.51. The Hall–Kier alpha value is -4.20. The van der Waals surface area contributed by atoms with Gasteiger partial charge in [-0.25, -0.2) is 4.39 Å². The third-order valence-corrected chi connectivity index (χ3v) is 5.39.